The van der Waals surface area contributed by atoms with E-state index in [4.69, 9.17) is 14.0 Å². The molecule has 0 aliphatic rings. The molecule has 7 nitrogen and oxygen atoms in total. The van der Waals surface area contributed by atoms with Crippen molar-refractivity contribution in [3.05, 3.63) is 11.7 Å². The summed E-state index contributed by atoms with van der Waals surface area (Å²) in [6, 6.07) is 0. The first-order chi connectivity index (χ1) is 9.11. The van der Waals surface area contributed by atoms with Crippen molar-refractivity contribution in [1.29, 1.82) is 0 Å². The monoisotopic (exact) mass is 273 g/mol. The SMILES string of the molecule is COCC(C)OCC(O)CNCCc1noc(C)n1. The van der Waals surface area contributed by atoms with Crippen LogP contribution in [0.3, 0.4) is 0 Å². The lowest BCUT2D eigenvalue weighted by atomic mass is 10.3. The summed E-state index contributed by atoms with van der Waals surface area (Å²) in [6.45, 7) is 5.63. The quantitative estimate of drug-likeness (QED) is 0.576. The van der Waals surface area contributed by atoms with Gasteiger partial charge in [0.25, 0.3) is 0 Å². The predicted molar refractivity (Wildman–Crippen MR) is 68.9 cm³/mol. The fraction of sp³-hybridized carbons (Fsp3) is 0.833. The van der Waals surface area contributed by atoms with Crippen LogP contribution < -0.4 is 5.32 Å². The Balaban J connectivity index is 2.02. The van der Waals surface area contributed by atoms with Crippen LogP contribution in [0.25, 0.3) is 0 Å². The maximum absolute atomic E-state index is 9.69. The fourth-order valence-corrected chi connectivity index (χ4v) is 1.53. The Morgan fingerprint density at radius 1 is 1.42 bits per heavy atom. The Morgan fingerprint density at radius 3 is 2.84 bits per heavy atom. The van der Waals surface area contributed by atoms with Gasteiger partial charge in [0.1, 0.15) is 0 Å². The Bertz CT molecular complexity index is 345. The summed E-state index contributed by atoms with van der Waals surface area (Å²) < 4.78 is 15.2. The summed E-state index contributed by atoms with van der Waals surface area (Å²) in [5.41, 5.74) is 0. The van der Waals surface area contributed by atoms with Crippen molar-refractivity contribution in [3.63, 3.8) is 0 Å². The van der Waals surface area contributed by atoms with E-state index in [0.717, 1.165) is 0 Å². The van der Waals surface area contributed by atoms with E-state index in [9.17, 15) is 5.11 Å². The van der Waals surface area contributed by atoms with Crippen LogP contribution in [-0.2, 0) is 15.9 Å². The number of rotatable bonds is 10. The smallest absolute Gasteiger partial charge is 0.223 e. The maximum atomic E-state index is 9.69. The summed E-state index contributed by atoms with van der Waals surface area (Å²) in [5, 5.41) is 16.6. The average molecular weight is 273 g/mol. The molecule has 0 aromatic carbocycles. The maximum Gasteiger partial charge on any atom is 0.223 e. The summed E-state index contributed by atoms with van der Waals surface area (Å²) in [4.78, 5) is 4.09. The van der Waals surface area contributed by atoms with E-state index in [1.165, 1.54) is 0 Å². The molecule has 2 unspecified atom stereocenters. The van der Waals surface area contributed by atoms with E-state index < -0.39 is 6.10 Å². The number of aliphatic hydroxyl groups is 1. The molecule has 1 rings (SSSR count). The second-order valence-electron chi connectivity index (χ2n) is 4.44. The molecular weight excluding hydrogens is 250 g/mol. The van der Waals surface area contributed by atoms with E-state index in [1.54, 1.807) is 14.0 Å². The molecule has 0 spiro atoms. The zero-order chi connectivity index (χ0) is 14.1. The summed E-state index contributed by atoms with van der Waals surface area (Å²) >= 11 is 0. The number of hydrogen-bond acceptors (Lipinski definition) is 7. The van der Waals surface area contributed by atoms with Gasteiger partial charge >= 0.3 is 0 Å². The molecule has 2 atom stereocenters. The molecule has 0 amide bonds. The molecule has 0 saturated carbocycles. The standard InChI is InChI=1S/C12H23N3O4/c1-9(7-17-3)18-8-11(16)6-13-5-4-12-14-10(2)19-15-12/h9,11,13,16H,4-8H2,1-3H3. The van der Waals surface area contributed by atoms with Crippen LogP contribution in [0.15, 0.2) is 4.52 Å². The van der Waals surface area contributed by atoms with Gasteiger partial charge < -0.3 is 24.4 Å². The summed E-state index contributed by atoms with van der Waals surface area (Å²) in [7, 11) is 1.62. The van der Waals surface area contributed by atoms with Crippen molar-refractivity contribution in [2.45, 2.75) is 32.5 Å². The first kappa shape index (κ1) is 16.0. The van der Waals surface area contributed by atoms with Gasteiger partial charge in [0.2, 0.25) is 5.89 Å². The highest BCUT2D eigenvalue weighted by atomic mass is 16.5. The molecule has 1 aromatic rings. The van der Waals surface area contributed by atoms with Crippen LogP contribution in [0, 0.1) is 6.92 Å². The van der Waals surface area contributed by atoms with Crippen molar-refractivity contribution >= 4 is 0 Å². The molecule has 110 valence electrons. The second-order valence-corrected chi connectivity index (χ2v) is 4.44. The number of aliphatic hydroxyl groups excluding tert-OH is 1. The number of nitrogens with one attached hydrogen (secondary N) is 1. The molecular formula is C12H23N3O4. The van der Waals surface area contributed by atoms with E-state index in [1.807, 2.05) is 6.92 Å². The fourth-order valence-electron chi connectivity index (χ4n) is 1.53. The van der Waals surface area contributed by atoms with Crippen molar-refractivity contribution in [1.82, 2.24) is 15.5 Å². The Hall–Kier alpha value is -1.02. The number of aryl methyl sites for hydroxylation is 1. The van der Waals surface area contributed by atoms with Gasteiger partial charge in [0.15, 0.2) is 5.82 Å². The summed E-state index contributed by atoms with van der Waals surface area (Å²) in [5.74, 6) is 1.24. The van der Waals surface area contributed by atoms with Gasteiger partial charge in [0, 0.05) is 33.5 Å². The van der Waals surface area contributed by atoms with Crippen molar-refractivity contribution in [2.75, 3.05) is 33.4 Å². The third-order valence-electron chi connectivity index (χ3n) is 2.45. The molecule has 2 N–H and O–H groups in total. The highest BCUT2D eigenvalue weighted by Crippen LogP contribution is 1.96. The van der Waals surface area contributed by atoms with E-state index in [-0.39, 0.29) is 6.10 Å². The van der Waals surface area contributed by atoms with Crippen LogP contribution in [0.1, 0.15) is 18.6 Å². The first-order valence-corrected chi connectivity index (χ1v) is 6.40. The number of nitrogens with zero attached hydrogens (tertiary/aromatic N) is 2. The Kier molecular flexibility index (Phi) is 7.57. The van der Waals surface area contributed by atoms with Gasteiger partial charge in [0.05, 0.1) is 25.4 Å². The van der Waals surface area contributed by atoms with E-state index in [2.05, 4.69) is 15.5 Å². The number of aromatic nitrogens is 2. The Labute approximate surface area is 113 Å². The lowest BCUT2D eigenvalue weighted by Gasteiger charge is -2.16. The van der Waals surface area contributed by atoms with Crippen LogP contribution in [-0.4, -0.2) is 60.9 Å². The number of hydrogen-bond donors (Lipinski definition) is 2. The zero-order valence-corrected chi connectivity index (χ0v) is 11.8. The molecule has 0 aliphatic carbocycles. The second kappa shape index (κ2) is 8.98. The number of methoxy groups -OCH3 is 1. The van der Waals surface area contributed by atoms with Gasteiger partial charge in [-0.1, -0.05) is 5.16 Å². The van der Waals surface area contributed by atoms with Gasteiger partial charge in [-0.05, 0) is 6.92 Å². The van der Waals surface area contributed by atoms with Crippen molar-refractivity contribution < 1.29 is 19.1 Å². The van der Waals surface area contributed by atoms with Crippen LogP contribution >= 0.6 is 0 Å². The molecule has 19 heavy (non-hydrogen) atoms. The third kappa shape index (κ3) is 7.22. The molecule has 1 heterocycles. The minimum atomic E-state index is -0.536. The van der Waals surface area contributed by atoms with Gasteiger partial charge in [-0.3, -0.25) is 0 Å². The largest absolute Gasteiger partial charge is 0.389 e. The highest BCUT2D eigenvalue weighted by Gasteiger charge is 2.08. The molecule has 7 heteroatoms. The normalized spacial score (nSPS) is 14.5. The Morgan fingerprint density at radius 2 is 2.21 bits per heavy atom. The molecule has 1 aromatic heterocycles. The minimum absolute atomic E-state index is 0.0121. The molecule has 0 saturated heterocycles. The molecule has 0 radical (unpaired) electrons. The zero-order valence-electron chi connectivity index (χ0n) is 11.8. The van der Waals surface area contributed by atoms with Crippen LogP contribution in [0.2, 0.25) is 0 Å². The van der Waals surface area contributed by atoms with Gasteiger partial charge in [-0.2, -0.15) is 4.98 Å². The van der Waals surface area contributed by atoms with Crippen molar-refractivity contribution in [2.24, 2.45) is 0 Å². The van der Waals surface area contributed by atoms with E-state index in [0.29, 0.717) is 44.4 Å². The highest BCUT2D eigenvalue weighted by molar-refractivity contribution is 4.84. The van der Waals surface area contributed by atoms with Crippen LogP contribution in [0.4, 0.5) is 0 Å². The average Bonchev–Trinajstić information content (AvgIpc) is 2.78. The topological polar surface area (TPSA) is 89.6 Å². The van der Waals surface area contributed by atoms with E-state index >= 15 is 0 Å². The lowest BCUT2D eigenvalue weighted by Crippen LogP contribution is -2.33. The van der Waals surface area contributed by atoms with Crippen molar-refractivity contribution in [3.8, 4) is 0 Å². The lowest BCUT2D eigenvalue weighted by molar-refractivity contribution is -0.0310. The first-order valence-electron chi connectivity index (χ1n) is 6.40. The third-order valence-corrected chi connectivity index (χ3v) is 2.45. The molecule has 0 bridgehead atoms. The number of ether oxygens (including phenoxy) is 2. The van der Waals surface area contributed by atoms with Gasteiger partial charge in [-0.25, -0.2) is 0 Å². The van der Waals surface area contributed by atoms with Gasteiger partial charge in [-0.15, -0.1) is 0 Å². The predicted octanol–water partition coefficient (Wildman–Crippen LogP) is -0.0775. The summed E-state index contributed by atoms with van der Waals surface area (Å²) in [6.07, 6.45) is 0.124. The molecule has 0 fully saturated rings. The molecule has 0 aliphatic heterocycles. The van der Waals surface area contributed by atoms with Crippen LogP contribution in [0.5, 0.6) is 0 Å². The minimum Gasteiger partial charge on any atom is -0.389 e.